The molecule has 0 aromatic heterocycles. The number of hydrogen-bond donors (Lipinski definition) is 0. The van der Waals surface area contributed by atoms with E-state index in [1.807, 2.05) is 0 Å². The number of hydrogen-bond acceptors (Lipinski definition) is 2. The molecule has 0 amide bonds. The molecule has 0 atom stereocenters. The molecule has 0 saturated carbocycles. The second-order valence-corrected chi connectivity index (χ2v) is 0.845. The average molecular weight is 201 g/mol. The first-order valence-electron chi connectivity index (χ1n) is 1.90. The molecule has 0 heterocycles. The van der Waals surface area contributed by atoms with Gasteiger partial charge in [0.05, 0.1) is 6.61 Å². The molecule has 4 heteroatoms. The van der Waals surface area contributed by atoms with Crippen molar-refractivity contribution in [2.45, 2.75) is 6.92 Å². The van der Waals surface area contributed by atoms with Crippen LogP contribution in [0.5, 0.6) is 0 Å². The summed E-state index contributed by atoms with van der Waals surface area (Å²) in [4.78, 5) is 9.89. The number of carbonyl (C=O) groups is 1. The van der Waals surface area contributed by atoms with Gasteiger partial charge >= 0.3 is 23.1 Å². The zero-order valence-electron chi connectivity index (χ0n) is 5.11. The van der Waals surface area contributed by atoms with Gasteiger partial charge in [-0.15, -0.1) is 0 Å². The van der Waals surface area contributed by atoms with Crippen LogP contribution < -0.4 is 17.0 Å². The first kappa shape index (κ1) is 16.1. The van der Waals surface area contributed by atoms with Gasteiger partial charge in [-0.25, -0.2) is 5.92 Å². The van der Waals surface area contributed by atoms with Crippen molar-refractivity contribution in [2.24, 2.45) is 0 Å². The summed E-state index contributed by atoms with van der Waals surface area (Å²) < 4.78 is 4.25. The average Bonchev–Trinajstić information content (AvgIpc) is 1.68. The molecule has 0 bridgehead atoms. The summed E-state index contributed by atoms with van der Waals surface area (Å²) in [6.45, 7) is 1.99. The summed E-state index contributed by atoms with van der Waals surface area (Å²) in [5.41, 5.74) is 0. The van der Waals surface area contributed by atoms with Gasteiger partial charge < -0.3 is 32.9 Å². The Morgan fingerprint density at radius 3 is 2.33 bits per heavy atom. The molecule has 0 spiro atoms. The molecule has 46 valence electrons. The number of halogens is 1. The van der Waals surface area contributed by atoms with E-state index in [1.165, 1.54) is 0 Å². The topological polar surface area (TPSA) is 26.3 Å². The monoisotopic (exact) mass is 200 g/mol. The molecule has 0 aliphatic carbocycles. The van der Waals surface area contributed by atoms with E-state index >= 15 is 0 Å². The smallest absolute Gasteiger partial charge is 1.00 e. The third kappa shape index (κ3) is 11.7. The summed E-state index contributed by atoms with van der Waals surface area (Å²) >= 11 is 0. The van der Waals surface area contributed by atoms with Crippen LogP contribution in [0, 0.1) is 12.3 Å². The maximum atomic E-state index is 9.89. The van der Waals surface area contributed by atoms with Crippen molar-refractivity contribution in [1.29, 1.82) is 0 Å². The van der Waals surface area contributed by atoms with Gasteiger partial charge in [0.25, 0.3) is 0 Å². The molecule has 0 aromatic rings. The fourth-order valence-electron chi connectivity index (χ4n) is 0.167. The Kier molecular flexibility index (Phi) is 19.9. The molecule has 0 N–H and O–H groups in total. The van der Waals surface area contributed by atoms with Crippen LogP contribution in [0.2, 0.25) is 0 Å². The van der Waals surface area contributed by atoms with Crippen molar-refractivity contribution in [2.75, 3.05) is 6.61 Å². The Hall–Kier alpha value is 0.276. The zero-order chi connectivity index (χ0) is 5.70. The van der Waals surface area contributed by atoms with Gasteiger partial charge in [-0.05, 0) is 6.92 Å². The van der Waals surface area contributed by atoms with Crippen molar-refractivity contribution >= 4 is 29.0 Å². The van der Waals surface area contributed by atoms with Crippen LogP contribution in [0.3, 0.4) is 0 Å². The number of carbonyl (C=O) groups excluding carboxylic acids is 1. The fraction of sp³-hybridized carbons (Fsp3) is 0.400. The largest absolute Gasteiger partial charge is 2.00 e. The van der Waals surface area contributed by atoms with Crippen LogP contribution in [0.15, 0.2) is 0 Å². The molecule has 0 unspecified atom stereocenters. The van der Waals surface area contributed by atoms with Crippen molar-refractivity contribution in [1.82, 2.24) is 0 Å². The van der Waals surface area contributed by atoms with Crippen LogP contribution in [-0.2, 0) is 9.53 Å². The minimum Gasteiger partial charge on any atom is -1.00 e. The number of rotatable bonds is 1. The van der Waals surface area contributed by atoms with Gasteiger partial charge in [0, 0.05) is 0 Å². The molecule has 0 aliphatic heterocycles. The van der Waals surface area contributed by atoms with E-state index in [0.717, 1.165) is 0 Å². The van der Waals surface area contributed by atoms with Gasteiger partial charge in [0.1, 0.15) is 0 Å². The summed E-state index contributed by atoms with van der Waals surface area (Å²) in [7, 11) is 0. The maximum Gasteiger partial charge on any atom is 2.00 e. The van der Waals surface area contributed by atoms with Crippen LogP contribution in [-0.4, -0.2) is 35.6 Å². The Bertz CT molecular complexity index is 108. The molecular formula is C5H5BrMgO2. The normalized spacial score (nSPS) is 5.33. The summed E-state index contributed by atoms with van der Waals surface area (Å²) in [5, 5.41) is 0. The maximum absolute atomic E-state index is 9.89. The second kappa shape index (κ2) is 11.1. The minimum atomic E-state index is -0.706. The van der Waals surface area contributed by atoms with E-state index in [2.05, 4.69) is 4.74 Å². The minimum absolute atomic E-state index is 0. The second-order valence-electron chi connectivity index (χ2n) is 0.845. The van der Waals surface area contributed by atoms with E-state index in [0.29, 0.717) is 6.61 Å². The SMILES string of the molecule is [Br-].[C-]#CC(=O)OCC.[Mg+2]. The van der Waals surface area contributed by atoms with Gasteiger partial charge in [-0.1, -0.05) is 0 Å². The van der Waals surface area contributed by atoms with E-state index < -0.39 is 5.97 Å². The molecule has 0 saturated heterocycles. The molecule has 0 aliphatic rings. The molecule has 0 rings (SSSR count). The van der Waals surface area contributed by atoms with Gasteiger partial charge in [0.2, 0.25) is 5.97 Å². The van der Waals surface area contributed by atoms with Crippen molar-refractivity contribution < 1.29 is 26.5 Å². The fourth-order valence-corrected chi connectivity index (χ4v) is 0.167. The third-order valence-electron chi connectivity index (χ3n) is 0.377. The number of esters is 1. The Morgan fingerprint density at radius 2 is 2.22 bits per heavy atom. The molecule has 0 radical (unpaired) electrons. The predicted molar refractivity (Wildman–Crippen MR) is 29.5 cm³/mol. The Balaban J connectivity index is -0.000000180. The molecule has 0 fully saturated rings. The van der Waals surface area contributed by atoms with E-state index in [4.69, 9.17) is 6.42 Å². The van der Waals surface area contributed by atoms with Crippen LogP contribution in [0.4, 0.5) is 0 Å². The molecule has 0 aromatic carbocycles. The Labute approximate surface area is 81.3 Å². The summed E-state index contributed by atoms with van der Waals surface area (Å²) in [5.74, 6) is 0.849. The predicted octanol–water partition coefficient (Wildman–Crippen LogP) is -3.24. The molecule has 9 heavy (non-hydrogen) atoms. The Morgan fingerprint density at radius 1 is 1.78 bits per heavy atom. The zero-order valence-corrected chi connectivity index (χ0v) is 8.11. The van der Waals surface area contributed by atoms with Gasteiger partial charge in [-0.3, -0.25) is 0 Å². The van der Waals surface area contributed by atoms with Gasteiger partial charge in [-0.2, -0.15) is 0 Å². The first-order valence-corrected chi connectivity index (χ1v) is 1.90. The van der Waals surface area contributed by atoms with Gasteiger partial charge in [0.15, 0.2) is 0 Å². The van der Waals surface area contributed by atoms with Crippen molar-refractivity contribution in [3.05, 3.63) is 6.42 Å². The standard InChI is InChI=1S/C5H5O2.BrH.Mg/c1-3-5(6)7-4-2;;/h4H2,2H3;1H;/q-1;;+2/p-1. The summed E-state index contributed by atoms with van der Waals surface area (Å²) in [6, 6.07) is 0. The van der Waals surface area contributed by atoms with E-state index in [1.54, 1.807) is 12.8 Å². The van der Waals surface area contributed by atoms with Crippen LogP contribution >= 0.6 is 0 Å². The molecule has 2 nitrogen and oxygen atoms in total. The molecular weight excluding hydrogens is 196 g/mol. The quantitative estimate of drug-likeness (QED) is 0.193. The third-order valence-corrected chi connectivity index (χ3v) is 0.377. The summed E-state index contributed by atoms with van der Waals surface area (Å²) in [6.07, 6.45) is 6.19. The van der Waals surface area contributed by atoms with Crippen molar-refractivity contribution in [3.8, 4) is 5.92 Å². The van der Waals surface area contributed by atoms with Crippen molar-refractivity contribution in [3.63, 3.8) is 0 Å². The van der Waals surface area contributed by atoms with Crippen LogP contribution in [0.1, 0.15) is 6.92 Å². The van der Waals surface area contributed by atoms with Crippen LogP contribution in [0.25, 0.3) is 0 Å². The number of ether oxygens (including phenoxy) is 1. The van der Waals surface area contributed by atoms with E-state index in [-0.39, 0.29) is 40.0 Å². The first-order chi connectivity index (χ1) is 3.31. The van der Waals surface area contributed by atoms with E-state index in [9.17, 15) is 4.79 Å².